The Kier molecular flexibility index (Phi) is 7.06. The number of rotatable bonds is 8. The second-order valence-corrected chi connectivity index (χ2v) is 5.52. The molecule has 0 aromatic heterocycles. The highest BCUT2D eigenvalue weighted by atomic mass is 15.2. The van der Waals surface area contributed by atoms with Crippen LogP contribution < -0.4 is 5.73 Å². The summed E-state index contributed by atoms with van der Waals surface area (Å²) in [7, 11) is 4.25. The van der Waals surface area contributed by atoms with Gasteiger partial charge in [0.15, 0.2) is 0 Å². The lowest BCUT2D eigenvalue weighted by Crippen LogP contribution is -2.50. The molecule has 1 aromatic carbocycles. The van der Waals surface area contributed by atoms with E-state index in [1.54, 1.807) is 0 Å². The van der Waals surface area contributed by atoms with Gasteiger partial charge in [-0.05, 0) is 39.5 Å². The number of hydrogen-bond donors (Lipinski definition) is 1. The van der Waals surface area contributed by atoms with Gasteiger partial charge in [-0.15, -0.1) is 0 Å². The summed E-state index contributed by atoms with van der Waals surface area (Å²) in [6.45, 7) is 7.33. The van der Waals surface area contributed by atoms with Crippen LogP contribution in [0.2, 0.25) is 0 Å². The molecule has 1 rings (SSSR count). The zero-order valence-corrected chi connectivity index (χ0v) is 12.8. The summed E-state index contributed by atoms with van der Waals surface area (Å²) in [4.78, 5) is 4.76. The van der Waals surface area contributed by atoms with Crippen LogP contribution in [0.25, 0.3) is 0 Å². The van der Waals surface area contributed by atoms with Crippen LogP contribution in [0.1, 0.15) is 19.4 Å². The van der Waals surface area contributed by atoms with Crippen molar-refractivity contribution < 1.29 is 0 Å². The molecule has 1 aromatic rings. The van der Waals surface area contributed by atoms with E-state index < -0.39 is 0 Å². The molecule has 0 spiro atoms. The van der Waals surface area contributed by atoms with E-state index in [0.717, 1.165) is 19.5 Å². The molecule has 0 saturated carbocycles. The van der Waals surface area contributed by atoms with Crippen molar-refractivity contribution in [3.8, 4) is 0 Å². The van der Waals surface area contributed by atoms with E-state index in [1.165, 1.54) is 5.56 Å². The van der Waals surface area contributed by atoms with Gasteiger partial charge >= 0.3 is 0 Å². The highest BCUT2D eigenvalue weighted by molar-refractivity contribution is 5.16. The van der Waals surface area contributed by atoms with Crippen molar-refractivity contribution in [1.82, 2.24) is 9.80 Å². The number of nitrogens with two attached hydrogens (primary N) is 1. The lowest BCUT2D eigenvalue weighted by molar-refractivity contribution is 0.130. The standard InChI is InChI=1S/C16H29N3/c1-5-19(14(2)13-18(3)4)16(12-17)11-15-9-7-6-8-10-15/h6-10,14,16H,5,11-13,17H2,1-4H3. The normalized spacial score (nSPS) is 14.9. The monoisotopic (exact) mass is 263 g/mol. The van der Waals surface area contributed by atoms with E-state index in [9.17, 15) is 0 Å². The molecule has 0 saturated heterocycles. The average molecular weight is 263 g/mol. The van der Waals surface area contributed by atoms with Crippen LogP contribution in [-0.4, -0.2) is 55.6 Å². The Morgan fingerprint density at radius 2 is 1.79 bits per heavy atom. The van der Waals surface area contributed by atoms with Crippen molar-refractivity contribution in [2.75, 3.05) is 33.7 Å². The van der Waals surface area contributed by atoms with E-state index in [1.807, 2.05) is 0 Å². The molecule has 0 aliphatic carbocycles. The van der Waals surface area contributed by atoms with Gasteiger partial charge in [-0.3, -0.25) is 4.90 Å². The predicted octanol–water partition coefficient (Wildman–Crippen LogP) is 1.83. The molecular weight excluding hydrogens is 234 g/mol. The molecule has 0 aliphatic rings. The quantitative estimate of drug-likeness (QED) is 0.776. The first kappa shape index (κ1) is 16.2. The third-order valence-corrected chi connectivity index (χ3v) is 3.62. The van der Waals surface area contributed by atoms with Gasteiger partial charge in [-0.2, -0.15) is 0 Å². The SMILES string of the molecule is CCN(C(C)CN(C)C)C(CN)Cc1ccccc1. The molecule has 0 radical (unpaired) electrons. The third kappa shape index (κ3) is 5.31. The smallest absolute Gasteiger partial charge is 0.0262 e. The van der Waals surface area contributed by atoms with Crippen LogP contribution >= 0.6 is 0 Å². The van der Waals surface area contributed by atoms with E-state index in [2.05, 4.69) is 68.1 Å². The summed E-state index contributed by atoms with van der Waals surface area (Å²) < 4.78 is 0. The Hall–Kier alpha value is -0.900. The lowest BCUT2D eigenvalue weighted by atomic mass is 10.0. The molecule has 19 heavy (non-hydrogen) atoms. The molecule has 0 aliphatic heterocycles. The average Bonchev–Trinajstić information content (AvgIpc) is 2.38. The van der Waals surface area contributed by atoms with Crippen LogP contribution in [0.4, 0.5) is 0 Å². The Bertz CT molecular complexity index is 337. The minimum Gasteiger partial charge on any atom is -0.329 e. The zero-order valence-electron chi connectivity index (χ0n) is 12.8. The maximum atomic E-state index is 6.01. The summed E-state index contributed by atoms with van der Waals surface area (Å²) in [6.07, 6.45) is 1.03. The molecule has 108 valence electrons. The first-order chi connectivity index (χ1) is 9.08. The van der Waals surface area contributed by atoms with Gasteiger partial charge < -0.3 is 10.6 Å². The van der Waals surface area contributed by atoms with Gasteiger partial charge in [0, 0.05) is 25.2 Å². The molecule has 2 unspecified atom stereocenters. The Morgan fingerprint density at radius 1 is 1.16 bits per heavy atom. The van der Waals surface area contributed by atoms with E-state index in [4.69, 9.17) is 5.73 Å². The molecule has 0 heterocycles. The summed E-state index contributed by atoms with van der Waals surface area (Å²) in [5.41, 5.74) is 7.38. The van der Waals surface area contributed by atoms with Crippen LogP contribution in [0.3, 0.4) is 0 Å². The van der Waals surface area contributed by atoms with Crippen molar-refractivity contribution in [2.45, 2.75) is 32.4 Å². The highest BCUT2D eigenvalue weighted by Gasteiger charge is 2.21. The van der Waals surface area contributed by atoms with Crippen LogP contribution in [0.5, 0.6) is 0 Å². The number of likely N-dealkylation sites (N-methyl/N-ethyl adjacent to an activating group) is 2. The highest BCUT2D eigenvalue weighted by Crippen LogP contribution is 2.12. The molecule has 2 atom stereocenters. The maximum absolute atomic E-state index is 6.01. The maximum Gasteiger partial charge on any atom is 0.0262 e. The predicted molar refractivity (Wildman–Crippen MR) is 83.4 cm³/mol. The summed E-state index contributed by atoms with van der Waals surface area (Å²) in [5.74, 6) is 0. The third-order valence-electron chi connectivity index (χ3n) is 3.62. The second kappa shape index (κ2) is 8.31. The van der Waals surface area contributed by atoms with E-state index in [0.29, 0.717) is 18.6 Å². The number of nitrogens with zero attached hydrogens (tertiary/aromatic N) is 2. The number of hydrogen-bond acceptors (Lipinski definition) is 3. The fourth-order valence-electron chi connectivity index (χ4n) is 2.79. The molecule has 3 nitrogen and oxygen atoms in total. The molecule has 0 bridgehead atoms. The van der Waals surface area contributed by atoms with Gasteiger partial charge in [-0.25, -0.2) is 0 Å². The molecule has 0 fully saturated rings. The molecular formula is C16H29N3. The Balaban J connectivity index is 2.70. The van der Waals surface area contributed by atoms with Gasteiger partial charge in [0.2, 0.25) is 0 Å². The van der Waals surface area contributed by atoms with Crippen molar-refractivity contribution in [3.63, 3.8) is 0 Å². The fourth-order valence-corrected chi connectivity index (χ4v) is 2.79. The summed E-state index contributed by atoms with van der Waals surface area (Å²) >= 11 is 0. The van der Waals surface area contributed by atoms with Crippen molar-refractivity contribution in [2.24, 2.45) is 5.73 Å². The van der Waals surface area contributed by atoms with Crippen LogP contribution in [-0.2, 0) is 6.42 Å². The van der Waals surface area contributed by atoms with Crippen molar-refractivity contribution in [3.05, 3.63) is 35.9 Å². The van der Waals surface area contributed by atoms with Crippen LogP contribution in [0, 0.1) is 0 Å². The van der Waals surface area contributed by atoms with E-state index >= 15 is 0 Å². The summed E-state index contributed by atoms with van der Waals surface area (Å²) in [6, 6.07) is 11.6. The minimum atomic E-state index is 0.419. The summed E-state index contributed by atoms with van der Waals surface area (Å²) in [5, 5.41) is 0. The minimum absolute atomic E-state index is 0.419. The van der Waals surface area contributed by atoms with Gasteiger partial charge in [-0.1, -0.05) is 37.3 Å². The largest absolute Gasteiger partial charge is 0.329 e. The second-order valence-electron chi connectivity index (χ2n) is 5.52. The molecule has 2 N–H and O–H groups in total. The van der Waals surface area contributed by atoms with Gasteiger partial charge in [0.1, 0.15) is 0 Å². The first-order valence-corrected chi connectivity index (χ1v) is 7.22. The topological polar surface area (TPSA) is 32.5 Å². The number of benzene rings is 1. The van der Waals surface area contributed by atoms with Crippen molar-refractivity contribution in [1.29, 1.82) is 0 Å². The van der Waals surface area contributed by atoms with Gasteiger partial charge in [0.25, 0.3) is 0 Å². The van der Waals surface area contributed by atoms with Crippen LogP contribution in [0.15, 0.2) is 30.3 Å². The lowest BCUT2D eigenvalue weighted by Gasteiger charge is -2.36. The van der Waals surface area contributed by atoms with Gasteiger partial charge in [0.05, 0.1) is 0 Å². The van der Waals surface area contributed by atoms with Crippen molar-refractivity contribution >= 4 is 0 Å². The fraction of sp³-hybridized carbons (Fsp3) is 0.625. The zero-order chi connectivity index (χ0) is 14.3. The Labute approximate surface area is 118 Å². The molecule has 0 amide bonds. The molecule has 3 heteroatoms. The Morgan fingerprint density at radius 3 is 2.26 bits per heavy atom. The van der Waals surface area contributed by atoms with E-state index in [-0.39, 0.29) is 0 Å². The first-order valence-electron chi connectivity index (χ1n) is 7.22.